The van der Waals surface area contributed by atoms with Crippen LogP contribution in [-0.4, -0.2) is 22.8 Å². The standard InChI is InChI=1S/C15H20N4S/c1-5-16-13-9-14(19-15(18-13)20-4)17-12-7-10(2)6-11(3)8-12/h6-9H,5H2,1-4H3,(H2,16,17,18,19). The van der Waals surface area contributed by atoms with Gasteiger partial charge in [0.1, 0.15) is 11.6 Å². The van der Waals surface area contributed by atoms with Crippen molar-refractivity contribution >= 4 is 29.1 Å². The molecule has 1 aromatic heterocycles. The van der Waals surface area contributed by atoms with E-state index < -0.39 is 0 Å². The van der Waals surface area contributed by atoms with Gasteiger partial charge < -0.3 is 10.6 Å². The SMILES string of the molecule is CCNc1cc(Nc2cc(C)cc(C)c2)nc(SC)n1. The molecule has 0 saturated carbocycles. The number of anilines is 3. The van der Waals surface area contributed by atoms with Gasteiger partial charge in [-0.15, -0.1) is 0 Å². The van der Waals surface area contributed by atoms with Gasteiger partial charge in [0.05, 0.1) is 0 Å². The summed E-state index contributed by atoms with van der Waals surface area (Å²) in [6.07, 6.45) is 1.98. The van der Waals surface area contributed by atoms with Crippen LogP contribution in [0.15, 0.2) is 29.4 Å². The quantitative estimate of drug-likeness (QED) is 0.643. The van der Waals surface area contributed by atoms with Crippen LogP contribution in [0.5, 0.6) is 0 Å². The van der Waals surface area contributed by atoms with E-state index in [1.807, 2.05) is 12.3 Å². The minimum absolute atomic E-state index is 0.760. The first-order valence-electron chi connectivity index (χ1n) is 6.63. The molecule has 0 aliphatic heterocycles. The van der Waals surface area contributed by atoms with E-state index in [0.717, 1.165) is 29.0 Å². The van der Waals surface area contributed by atoms with E-state index in [0.29, 0.717) is 0 Å². The summed E-state index contributed by atoms with van der Waals surface area (Å²) in [7, 11) is 0. The second-order valence-electron chi connectivity index (χ2n) is 4.66. The fourth-order valence-corrected chi connectivity index (χ4v) is 2.43. The van der Waals surface area contributed by atoms with Crippen LogP contribution in [0.1, 0.15) is 18.1 Å². The molecule has 0 aliphatic rings. The second kappa shape index (κ2) is 6.61. The molecule has 0 radical (unpaired) electrons. The lowest BCUT2D eigenvalue weighted by Gasteiger charge is -2.11. The summed E-state index contributed by atoms with van der Waals surface area (Å²) < 4.78 is 0. The van der Waals surface area contributed by atoms with Crippen LogP contribution >= 0.6 is 11.8 Å². The maximum atomic E-state index is 4.49. The van der Waals surface area contributed by atoms with Crippen molar-refractivity contribution in [3.63, 3.8) is 0 Å². The largest absolute Gasteiger partial charge is 0.370 e. The van der Waals surface area contributed by atoms with Gasteiger partial charge in [-0.25, -0.2) is 9.97 Å². The van der Waals surface area contributed by atoms with E-state index in [4.69, 9.17) is 0 Å². The lowest BCUT2D eigenvalue weighted by atomic mass is 10.1. The number of aryl methyl sites for hydroxylation is 2. The lowest BCUT2D eigenvalue weighted by molar-refractivity contribution is 0.967. The molecule has 0 unspecified atom stereocenters. The molecule has 0 spiro atoms. The molecule has 1 aromatic carbocycles. The third-order valence-electron chi connectivity index (χ3n) is 2.74. The number of hydrogen-bond donors (Lipinski definition) is 2. The van der Waals surface area contributed by atoms with Gasteiger partial charge in [0, 0.05) is 18.3 Å². The second-order valence-corrected chi connectivity index (χ2v) is 5.43. The Morgan fingerprint density at radius 1 is 1.00 bits per heavy atom. The number of hydrogen-bond acceptors (Lipinski definition) is 5. The zero-order valence-electron chi connectivity index (χ0n) is 12.3. The zero-order valence-corrected chi connectivity index (χ0v) is 13.1. The number of nitrogens with one attached hydrogen (secondary N) is 2. The van der Waals surface area contributed by atoms with Gasteiger partial charge in [0.15, 0.2) is 5.16 Å². The monoisotopic (exact) mass is 288 g/mol. The van der Waals surface area contributed by atoms with Crippen LogP contribution in [0.25, 0.3) is 0 Å². The number of benzene rings is 1. The molecule has 0 amide bonds. The highest BCUT2D eigenvalue weighted by atomic mass is 32.2. The summed E-state index contributed by atoms with van der Waals surface area (Å²) in [6, 6.07) is 8.31. The molecule has 2 rings (SSSR count). The van der Waals surface area contributed by atoms with Crippen molar-refractivity contribution in [1.29, 1.82) is 0 Å². The highest BCUT2D eigenvalue weighted by molar-refractivity contribution is 7.98. The van der Waals surface area contributed by atoms with Crippen LogP contribution in [0, 0.1) is 13.8 Å². The minimum Gasteiger partial charge on any atom is -0.370 e. The first-order valence-corrected chi connectivity index (χ1v) is 7.85. The Balaban J connectivity index is 2.29. The average Bonchev–Trinajstić information content (AvgIpc) is 2.37. The average molecular weight is 288 g/mol. The molecule has 5 heteroatoms. The van der Waals surface area contributed by atoms with Gasteiger partial charge in [0.2, 0.25) is 0 Å². The fraction of sp³-hybridized carbons (Fsp3) is 0.333. The summed E-state index contributed by atoms with van der Waals surface area (Å²) >= 11 is 1.54. The molecule has 2 aromatic rings. The molecule has 0 fully saturated rings. The van der Waals surface area contributed by atoms with Crippen molar-refractivity contribution in [2.24, 2.45) is 0 Å². The fourth-order valence-electron chi connectivity index (χ4n) is 2.05. The molecule has 0 aliphatic carbocycles. The van der Waals surface area contributed by atoms with Gasteiger partial charge in [-0.3, -0.25) is 0 Å². The smallest absolute Gasteiger partial charge is 0.191 e. The first kappa shape index (κ1) is 14.7. The van der Waals surface area contributed by atoms with E-state index in [-0.39, 0.29) is 0 Å². The van der Waals surface area contributed by atoms with Crippen LogP contribution < -0.4 is 10.6 Å². The van der Waals surface area contributed by atoms with Crippen molar-refractivity contribution in [3.05, 3.63) is 35.4 Å². The normalized spacial score (nSPS) is 10.4. The molecule has 0 bridgehead atoms. The van der Waals surface area contributed by atoms with E-state index in [9.17, 15) is 0 Å². The molecule has 0 atom stereocenters. The van der Waals surface area contributed by atoms with Crippen LogP contribution in [0.4, 0.5) is 17.3 Å². The highest BCUT2D eigenvalue weighted by Crippen LogP contribution is 2.22. The van der Waals surface area contributed by atoms with E-state index in [2.05, 4.69) is 59.6 Å². The van der Waals surface area contributed by atoms with Gasteiger partial charge in [-0.05, 0) is 50.3 Å². The zero-order chi connectivity index (χ0) is 14.5. The number of rotatable bonds is 5. The molecule has 106 valence electrons. The summed E-state index contributed by atoms with van der Waals surface area (Å²) in [5.74, 6) is 1.66. The third kappa shape index (κ3) is 3.87. The molecular formula is C15H20N4S. The predicted molar refractivity (Wildman–Crippen MR) is 87.2 cm³/mol. The summed E-state index contributed by atoms with van der Waals surface area (Å²) in [6.45, 7) is 7.08. The first-order chi connectivity index (χ1) is 9.60. The third-order valence-corrected chi connectivity index (χ3v) is 3.29. The predicted octanol–water partition coefficient (Wildman–Crippen LogP) is 3.99. The Kier molecular flexibility index (Phi) is 4.84. The van der Waals surface area contributed by atoms with Crippen molar-refractivity contribution in [1.82, 2.24) is 9.97 Å². The molecule has 2 N–H and O–H groups in total. The van der Waals surface area contributed by atoms with Crippen molar-refractivity contribution in [2.75, 3.05) is 23.4 Å². The molecule has 0 saturated heterocycles. The maximum absolute atomic E-state index is 4.49. The van der Waals surface area contributed by atoms with Crippen molar-refractivity contribution in [3.8, 4) is 0 Å². The van der Waals surface area contributed by atoms with E-state index >= 15 is 0 Å². The Labute approximate surface area is 124 Å². The van der Waals surface area contributed by atoms with Gasteiger partial charge in [0.25, 0.3) is 0 Å². The van der Waals surface area contributed by atoms with Gasteiger partial charge in [-0.2, -0.15) is 0 Å². The number of nitrogens with zero attached hydrogens (tertiary/aromatic N) is 2. The van der Waals surface area contributed by atoms with Gasteiger partial charge in [-0.1, -0.05) is 17.8 Å². The van der Waals surface area contributed by atoms with Crippen LogP contribution in [0.3, 0.4) is 0 Å². The van der Waals surface area contributed by atoms with E-state index in [1.165, 1.54) is 22.9 Å². The van der Waals surface area contributed by atoms with Crippen molar-refractivity contribution < 1.29 is 0 Å². The number of thioether (sulfide) groups is 1. The minimum atomic E-state index is 0.760. The Morgan fingerprint density at radius 2 is 1.65 bits per heavy atom. The Morgan fingerprint density at radius 3 is 2.25 bits per heavy atom. The van der Waals surface area contributed by atoms with Crippen molar-refractivity contribution in [2.45, 2.75) is 25.9 Å². The molecule has 20 heavy (non-hydrogen) atoms. The summed E-state index contributed by atoms with van der Waals surface area (Å²) in [5.41, 5.74) is 3.52. The molecule has 1 heterocycles. The topological polar surface area (TPSA) is 49.8 Å². The molecule has 4 nitrogen and oxygen atoms in total. The summed E-state index contributed by atoms with van der Waals surface area (Å²) in [5, 5.41) is 7.34. The van der Waals surface area contributed by atoms with E-state index in [1.54, 1.807) is 0 Å². The lowest BCUT2D eigenvalue weighted by Crippen LogP contribution is -2.03. The van der Waals surface area contributed by atoms with Crippen LogP contribution in [0.2, 0.25) is 0 Å². The maximum Gasteiger partial charge on any atom is 0.191 e. The number of aromatic nitrogens is 2. The highest BCUT2D eigenvalue weighted by Gasteiger charge is 2.04. The van der Waals surface area contributed by atoms with Crippen LogP contribution in [-0.2, 0) is 0 Å². The summed E-state index contributed by atoms with van der Waals surface area (Å²) in [4.78, 5) is 8.91. The Bertz CT molecular complexity index is 578. The molecular weight excluding hydrogens is 268 g/mol. The van der Waals surface area contributed by atoms with Gasteiger partial charge >= 0.3 is 0 Å². The Hall–Kier alpha value is -1.75.